The molecule has 0 aromatic heterocycles. The molecule has 2 aliphatic rings. The molecule has 1 aromatic carbocycles. The minimum absolute atomic E-state index is 0.0876. The monoisotopic (exact) mass is 301 g/mol. The van der Waals surface area contributed by atoms with Gasteiger partial charge in [-0.05, 0) is 50.7 Å². The molecule has 0 bridgehead atoms. The van der Waals surface area contributed by atoms with E-state index in [0.29, 0.717) is 19.5 Å². The summed E-state index contributed by atoms with van der Waals surface area (Å²) in [5.74, 6) is -0.721. The van der Waals surface area contributed by atoms with E-state index >= 15 is 0 Å². The highest BCUT2D eigenvalue weighted by Gasteiger charge is 2.47. The molecule has 1 heterocycles. The fraction of sp³-hybridized carbons (Fsp3) is 0.556. The molecule has 1 amide bonds. The largest absolute Gasteiger partial charge is 0.481 e. The number of nitrogens with zero attached hydrogens (tertiary/aromatic N) is 1. The van der Waals surface area contributed by atoms with Gasteiger partial charge >= 0.3 is 5.97 Å². The standard InChI is InChI=1S/C18H23NO3/c1-17(16(21)22)10-11-19(12-17)15(20)18(2)9-5-7-13-6-3-4-8-14(13)18/h3-4,6,8H,5,7,9-12H2,1-2H3,(H,21,22). The molecule has 1 fully saturated rings. The lowest BCUT2D eigenvalue weighted by atomic mass is 9.70. The van der Waals surface area contributed by atoms with Crippen LogP contribution in [0.3, 0.4) is 0 Å². The summed E-state index contributed by atoms with van der Waals surface area (Å²) in [7, 11) is 0. The van der Waals surface area contributed by atoms with E-state index < -0.39 is 16.8 Å². The molecular formula is C18H23NO3. The summed E-state index contributed by atoms with van der Waals surface area (Å²) in [4.78, 5) is 26.3. The van der Waals surface area contributed by atoms with Crippen LogP contribution in [-0.2, 0) is 21.4 Å². The van der Waals surface area contributed by atoms with Gasteiger partial charge in [-0.2, -0.15) is 0 Å². The van der Waals surface area contributed by atoms with Crippen LogP contribution in [-0.4, -0.2) is 35.0 Å². The zero-order chi connectivity index (χ0) is 16.0. The predicted molar refractivity (Wildman–Crippen MR) is 83.7 cm³/mol. The first kappa shape index (κ1) is 15.1. The fourth-order valence-electron chi connectivity index (χ4n) is 3.92. The van der Waals surface area contributed by atoms with E-state index in [1.165, 1.54) is 5.56 Å². The Morgan fingerprint density at radius 1 is 1.18 bits per heavy atom. The summed E-state index contributed by atoms with van der Waals surface area (Å²) in [6.07, 6.45) is 3.39. The van der Waals surface area contributed by atoms with Crippen molar-refractivity contribution >= 4 is 11.9 Å². The minimum Gasteiger partial charge on any atom is -0.481 e. The second kappa shape index (κ2) is 5.11. The maximum Gasteiger partial charge on any atom is 0.311 e. The number of carboxylic acid groups (broad SMARTS) is 1. The van der Waals surface area contributed by atoms with Crippen LogP contribution >= 0.6 is 0 Å². The Balaban J connectivity index is 1.89. The third-order valence-corrected chi connectivity index (χ3v) is 5.48. The van der Waals surface area contributed by atoms with Crippen LogP contribution in [0.2, 0.25) is 0 Å². The number of aliphatic carboxylic acids is 1. The highest BCUT2D eigenvalue weighted by Crippen LogP contribution is 2.41. The number of carboxylic acids is 1. The number of benzene rings is 1. The molecule has 2 atom stereocenters. The predicted octanol–water partition coefficient (Wildman–Crippen LogP) is 2.60. The number of hydrogen-bond acceptors (Lipinski definition) is 2. The summed E-state index contributed by atoms with van der Waals surface area (Å²) in [6.45, 7) is 4.61. The highest BCUT2D eigenvalue weighted by atomic mass is 16.4. The number of hydrogen-bond donors (Lipinski definition) is 1. The number of amides is 1. The molecule has 1 N–H and O–H groups in total. The Morgan fingerprint density at radius 3 is 2.59 bits per heavy atom. The zero-order valence-corrected chi connectivity index (χ0v) is 13.3. The molecule has 1 aliphatic carbocycles. The number of likely N-dealkylation sites (tertiary alicyclic amines) is 1. The van der Waals surface area contributed by atoms with Crippen LogP contribution < -0.4 is 0 Å². The van der Waals surface area contributed by atoms with Gasteiger partial charge in [0.05, 0.1) is 10.8 Å². The summed E-state index contributed by atoms with van der Waals surface area (Å²) in [5, 5.41) is 9.37. The van der Waals surface area contributed by atoms with E-state index in [1.54, 1.807) is 11.8 Å². The van der Waals surface area contributed by atoms with E-state index in [9.17, 15) is 14.7 Å². The van der Waals surface area contributed by atoms with Crippen LogP contribution in [0, 0.1) is 5.41 Å². The Kier molecular flexibility index (Phi) is 3.50. The fourth-order valence-corrected chi connectivity index (χ4v) is 3.92. The topological polar surface area (TPSA) is 57.6 Å². The lowest BCUT2D eigenvalue weighted by Crippen LogP contribution is -2.47. The van der Waals surface area contributed by atoms with Crippen molar-refractivity contribution in [2.24, 2.45) is 5.41 Å². The van der Waals surface area contributed by atoms with Crippen molar-refractivity contribution in [1.82, 2.24) is 4.90 Å². The average Bonchev–Trinajstić information content (AvgIpc) is 2.91. The third kappa shape index (κ3) is 2.21. The normalized spacial score (nSPS) is 30.9. The van der Waals surface area contributed by atoms with Crippen LogP contribution in [0.1, 0.15) is 44.2 Å². The molecule has 118 valence electrons. The summed E-state index contributed by atoms with van der Waals surface area (Å²) in [6, 6.07) is 8.16. The molecule has 2 unspecified atom stereocenters. The number of aryl methyl sites for hydroxylation is 1. The van der Waals surface area contributed by atoms with E-state index in [-0.39, 0.29) is 5.91 Å². The number of fused-ring (bicyclic) bond motifs is 1. The molecule has 22 heavy (non-hydrogen) atoms. The Labute approximate surface area is 131 Å². The molecule has 3 rings (SSSR count). The number of carbonyl (C=O) groups excluding carboxylic acids is 1. The maximum atomic E-state index is 13.1. The molecule has 1 aliphatic heterocycles. The lowest BCUT2D eigenvalue weighted by molar-refractivity contribution is -0.147. The zero-order valence-electron chi connectivity index (χ0n) is 13.3. The van der Waals surface area contributed by atoms with Crippen molar-refractivity contribution in [2.75, 3.05) is 13.1 Å². The summed E-state index contributed by atoms with van der Waals surface area (Å²) in [5.41, 5.74) is 1.05. The van der Waals surface area contributed by atoms with Crippen LogP contribution in [0.5, 0.6) is 0 Å². The molecular weight excluding hydrogens is 278 g/mol. The SMILES string of the molecule is CC1(C(=O)O)CCN(C(=O)C2(C)CCCc3ccccc32)C1. The van der Waals surface area contributed by atoms with Crippen molar-refractivity contribution in [3.05, 3.63) is 35.4 Å². The first-order chi connectivity index (χ1) is 10.4. The van der Waals surface area contributed by atoms with Gasteiger partial charge in [-0.15, -0.1) is 0 Å². The Morgan fingerprint density at radius 2 is 1.91 bits per heavy atom. The molecule has 0 spiro atoms. The van der Waals surface area contributed by atoms with Gasteiger partial charge in [0.2, 0.25) is 5.91 Å². The first-order valence-electron chi connectivity index (χ1n) is 7.98. The highest BCUT2D eigenvalue weighted by molar-refractivity contribution is 5.89. The van der Waals surface area contributed by atoms with Gasteiger partial charge in [-0.25, -0.2) is 0 Å². The van der Waals surface area contributed by atoms with Crippen LogP contribution in [0.15, 0.2) is 24.3 Å². The van der Waals surface area contributed by atoms with Gasteiger partial charge in [-0.1, -0.05) is 24.3 Å². The van der Waals surface area contributed by atoms with E-state index in [4.69, 9.17) is 0 Å². The smallest absolute Gasteiger partial charge is 0.311 e. The van der Waals surface area contributed by atoms with Crippen molar-refractivity contribution in [3.63, 3.8) is 0 Å². The minimum atomic E-state index is -0.808. The van der Waals surface area contributed by atoms with Crippen molar-refractivity contribution < 1.29 is 14.7 Å². The van der Waals surface area contributed by atoms with E-state index in [2.05, 4.69) is 12.1 Å². The van der Waals surface area contributed by atoms with Crippen LogP contribution in [0.25, 0.3) is 0 Å². The van der Waals surface area contributed by atoms with Gasteiger partial charge in [0.1, 0.15) is 0 Å². The van der Waals surface area contributed by atoms with Crippen molar-refractivity contribution in [3.8, 4) is 0 Å². The van der Waals surface area contributed by atoms with Crippen molar-refractivity contribution in [1.29, 1.82) is 0 Å². The van der Waals surface area contributed by atoms with Crippen molar-refractivity contribution in [2.45, 2.75) is 44.9 Å². The molecule has 1 saturated heterocycles. The van der Waals surface area contributed by atoms with E-state index in [1.807, 2.05) is 19.1 Å². The molecule has 4 heteroatoms. The van der Waals surface area contributed by atoms with Crippen LogP contribution in [0.4, 0.5) is 0 Å². The van der Waals surface area contributed by atoms with Gasteiger partial charge in [0, 0.05) is 13.1 Å². The van der Waals surface area contributed by atoms with Gasteiger partial charge in [0.15, 0.2) is 0 Å². The molecule has 0 radical (unpaired) electrons. The van der Waals surface area contributed by atoms with E-state index in [0.717, 1.165) is 24.8 Å². The maximum absolute atomic E-state index is 13.1. The van der Waals surface area contributed by atoms with Gasteiger partial charge in [-0.3, -0.25) is 9.59 Å². The number of carbonyl (C=O) groups is 2. The van der Waals surface area contributed by atoms with Gasteiger partial charge in [0.25, 0.3) is 0 Å². The molecule has 1 aromatic rings. The summed E-state index contributed by atoms with van der Waals surface area (Å²) >= 11 is 0. The third-order valence-electron chi connectivity index (χ3n) is 5.48. The second-order valence-corrected chi connectivity index (χ2v) is 7.19. The Hall–Kier alpha value is -1.84. The summed E-state index contributed by atoms with van der Waals surface area (Å²) < 4.78 is 0. The molecule has 4 nitrogen and oxygen atoms in total. The lowest BCUT2D eigenvalue weighted by Gasteiger charge is -2.37. The second-order valence-electron chi connectivity index (χ2n) is 7.19. The Bertz CT molecular complexity index is 627. The van der Waals surface area contributed by atoms with Gasteiger partial charge < -0.3 is 10.0 Å². The number of rotatable bonds is 2. The molecule has 0 saturated carbocycles. The quantitative estimate of drug-likeness (QED) is 0.913. The first-order valence-corrected chi connectivity index (χ1v) is 7.98. The average molecular weight is 301 g/mol.